The van der Waals surface area contributed by atoms with E-state index in [2.05, 4.69) is 32.6 Å². The Balaban J connectivity index is 2.34. The predicted molar refractivity (Wildman–Crippen MR) is 68.9 cm³/mol. The Morgan fingerprint density at radius 3 is 2.86 bits per heavy atom. The van der Waals surface area contributed by atoms with E-state index in [0.717, 1.165) is 15.1 Å². The Kier molecular flexibility index (Phi) is 3.54. The van der Waals surface area contributed by atoms with Crippen LogP contribution in [-0.2, 0) is 0 Å². The molecule has 1 aromatic rings. The molecular formula is C9H10ClIN2S. The van der Waals surface area contributed by atoms with Crippen LogP contribution in [-0.4, -0.2) is 15.7 Å². The van der Waals surface area contributed by atoms with E-state index >= 15 is 0 Å². The molecule has 0 spiro atoms. The van der Waals surface area contributed by atoms with Gasteiger partial charge in [-0.1, -0.05) is 11.6 Å². The first-order chi connectivity index (χ1) is 6.68. The molecule has 0 aliphatic carbocycles. The quantitative estimate of drug-likeness (QED) is 0.577. The molecular weight excluding hydrogens is 331 g/mol. The van der Waals surface area contributed by atoms with Gasteiger partial charge >= 0.3 is 0 Å². The molecule has 0 N–H and O–H groups in total. The molecule has 0 bridgehead atoms. The van der Waals surface area contributed by atoms with Gasteiger partial charge in [-0.25, -0.2) is 9.97 Å². The van der Waals surface area contributed by atoms with Crippen LogP contribution >= 0.6 is 46.0 Å². The van der Waals surface area contributed by atoms with E-state index in [0.29, 0.717) is 10.4 Å². The van der Waals surface area contributed by atoms with Crippen LogP contribution in [0.4, 0.5) is 0 Å². The molecule has 5 heteroatoms. The van der Waals surface area contributed by atoms with E-state index in [9.17, 15) is 0 Å². The largest absolute Gasteiger partial charge is 0.236 e. The molecule has 2 nitrogen and oxygen atoms in total. The molecule has 1 fully saturated rings. The van der Waals surface area contributed by atoms with Crippen LogP contribution in [0.25, 0.3) is 0 Å². The summed E-state index contributed by atoms with van der Waals surface area (Å²) in [5, 5.41) is 1.06. The van der Waals surface area contributed by atoms with Crippen molar-refractivity contribution >= 4 is 46.0 Å². The molecule has 1 unspecified atom stereocenters. The van der Waals surface area contributed by atoms with Gasteiger partial charge in [0.25, 0.3) is 0 Å². The van der Waals surface area contributed by atoms with Crippen molar-refractivity contribution in [1.29, 1.82) is 0 Å². The zero-order valence-electron chi connectivity index (χ0n) is 7.76. The van der Waals surface area contributed by atoms with E-state index in [1.807, 2.05) is 18.7 Å². The number of aromatic nitrogens is 2. The molecule has 0 radical (unpaired) electrons. The van der Waals surface area contributed by atoms with Gasteiger partial charge in [0, 0.05) is 0 Å². The van der Waals surface area contributed by atoms with E-state index in [-0.39, 0.29) is 0 Å². The lowest BCUT2D eigenvalue weighted by molar-refractivity contribution is 0.769. The van der Waals surface area contributed by atoms with Crippen molar-refractivity contribution in [2.24, 2.45) is 0 Å². The Morgan fingerprint density at radius 1 is 1.50 bits per heavy atom. The van der Waals surface area contributed by atoms with Gasteiger partial charge in [0.15, 0.2) is 0 Å². The molecule has 1 aliphatic rings. The van der Waals surface area contributed by atoms with Crippen LogP contribution < -0.4 is 0 Å². The van der Waals surface area contributed by atoms with Crippen LogP contribution in [0.1, 0.15) is 29.6 Å². The zero-order chi connectivity index (χ0) is 10.1. The van der Waals surface area contributed by atoms with Crippen molar-refractivity contribution in [3.8, 4) is 0 Å². The summed E-state index contributed by atoms with van der Waals surface area (Å²) in [5.74, 6) is 2.13. The third kappa shape index (κ3) is 2.17. The van der Waals surface area contributed by atoms with Gasteiger partial charge in [-0.2, -0.15) is 11.8 Å². The molecule has 2 heterocycles. The maximum atomic E-state index is 6.03. The molecule has 1 aromatic heterocycles. The van der Waals surface area contributed by atoms with Crippen LogP contribution in [0.5, 0.6) is 0 Å². The van der Waals surface area contributed by atoms with Gasteiger partial charge < -0.3 is 0 Å². The standard InChI is InChI=1S/C9H10ClIN2S/c1-5-7(11)8(10)13-9(12-5)6-3-2-4-14-6/h6H,2-4H2,1H3. The molecule has 14 heavy (non-hydrogen) atoms. The third-order valence-electron chi connectivity index (χ3n) is 2.21. The summed E-state index contributed by atoms with van der Waals surface area (Å²) in [6.07, 6.45) is 2.45. The van der Waals surface area contributed by atoms with Crippen LogP contribution in [0, 0.1) is 10.5 Å². The number of nitrogens with zero attached hydrogens (tertiary/aromatic N) is 2. The highest BCUT2D eigenvalue weighted by molar-refractivity contribution is 14.1. The fourth-order valence-electron chi connectivity index (χ4n) is 1.47. The van der Waals surface area contributed by atoms with E-state index in [1.165, 1.54) is 18.6 Å². The van der Waals surface area contributed by atoms with Gasteiger partial charge in [-0.05, 0) is 48.1 Å². The molecule has 1 atom stereocenters. The van der Waals surface area contributed by atoms with Crippen molar-refractivity contribution in [1.82, 2.24) is 9.97 Å². The number of halogens is 2. The van der Waals surface area contributed by atoms with Crippen LogP contribution in [0.15, 0.2) is 0 Å². The van der Waals surface area contributed by atoms with Crippen molar-refractivity contribution in [2.45, 2.75) is 25.0 Å². The predicted octanol–water partition coefficient (Wildman–Crippen LogP) is 3.61. The number of hydrogen-bond acceptors (Lipinski definition) is 3. The number of thioether (sulfide) groups is 1. The fourth-order valence-corrected chi connectivity index (χ4v) is 3.14. The summed E-state index contributed by atoms with van der Waals surface area (Å²) in [5.41, 5.74) is 0.994. The van der Waals surface area contributed by atoms with Gasteiger partial charge in [-0.15, -0.1) is 0 Å². The first-order valence-corrected chi connectivity index (χ1v) is 7.00. The average Bonchev–Trinajstić information content (AvgIpc) is 2.66. The number of rotatable bonds is 1. The monoisotopic (exact) mass is 340 g/mol. The van der Waals surface area contributed by atoms with Crippen LogP contribution in [0.2, 0.25) is 5.15 Å². The minimum Gasteiger partial charge on any atom is -0.236 e. The van der Waals surface area contributed by atoms with Gasteiger partial charge in [0.05, 0.1) is 14.5 Å². The first kappa shape index (κ1) is 11.0. The second-order valence-corrected chi connectivity index (χ2v) is 6.02. The van der Waals surface area contributed by atoms with Crippen LogP contribution in [0.3, 0.4) is 0 Å². The van der Waals surface area contributed by atoms with E-state index < -0.39 is 0 Å². The molecule has 0 amide bonds. The highest BCUT2D eigenvalue weighted by Crippen LogP contribution is 2.38. The number of hydrogen-bond donors (Lipinski definition) is 0. The topological polar surface area (TPSA) is 25.8 Å². The van der Waals surface area contributed by atoms with Gasteiger partial charge in [-0.3, -0.25) is 0 Å². The summed E-state index contributed by atoms with van der Waals surface area (Å²) in [6.45, 7) is 1.98. The summed E-state index contributed by atoms with van der Waals surface area (Å²) >= 11 is 10.1. The second kappa shape index (κ2) is 4.53. The first-order valence-electron chi connectivity index (χ1n) is 4.49. The Hall–Kier alpha value is 0.450. The second-order valence-electron chi connectivity index (χ2n) is 3.27. The summed E-state index contributed by atoms with van der Waals surface area (Å²) < 4.78 is 0.969. The molecule has 1 aliphatic heterocycles. The maximum Gasteiger partial charge on any atom is 0.146 e. The molecule has 2 rings (SSSR count). The van der Waals surface area contributed by atoms with Crippen molar-refractivity contribution in [2.75, 3.05) is 5.75 Å². The molecule has 1 saturated heterocycles. The smallest absolute Gasteiger partial charge is 0.146 e. The Bertz CT molecular complexity index is 330. The molecule has 76 valence electrons. The van der Waals surface area contributed by atoms with Gasteiger partial charge in [0.1, 0.15) is 11.0 Å². The molecule has 0 aromatic carbocycles. The normalized spacial score (nSPS) is 21.5. The lowest BCUT2D eigenvalue weighted by Gasteiger charge is -2.09. The van der Waals surface area contributed by atoms with E-state index in [1.54, 1.807) is 0 Å². The Labute approximate surface area is 106 Å². The lowest BCUT2D eigenvalue weighted by atomic mass is 10.2. The average molecular weight is 341 g/mol. The summed E-state index contributed by atoms with van der Waals surface area (Å²) in [4.78, 5) is 8.83. The summed E-state index contributed by atoms with van der Waals surface area (Å²) in [7, 11) is 0. The SMILES string of the molecule is Cc1nc(C2CCCS2)nc(Cl)c1I. The van der Waals surface area contributed by atoms with Crippen molar-refractivity contribution in [3.63, 3.8) is 0 Å². The third-order valence-corrected chi connectivity index (χ3v) is 5.47. The van der Waals surface area contributed by atoms with E-state index in [4.69, 9.17) is 11.6 Å². The van der Waals surface area contributed by atoms with Gasteiger partial charge in [0.2, 0.25) is 0 Å². The summed E-state index contributed by atoms with van der Waals surface area (Å²) in [6, 6.07) is 0. The highest BCUT2D eigenvalue weighted by Gasteiger charge is 2.21. The van der Waals surface area contributed by atoms with Crippen molar-refractivity contribution in [3.05, 3.63) is 20.2 Å². The molecule has 0 saturated carbocycles. The number of aryl methyl sites for hydroxylation is 1. The minimum atomic E-state index is 0.461. The lowest BCUT2D eigenvalue weighted by Crippen LogP contribution is -2.02. The zero-order valence-corrected chi connectivity index (χ0v) is 11.5. The fraction of sp³-hybridized carbons (Fsp3) is 0.556. The highest BCUT2D eigenvalue weighted by atomic mass is 127. The van der Waals surface area contributed by atoms with Crippen molar-refractivity contribution < 1.29 is 0 Å². The maximum absolute atomic E-state index is 6.03. The Morgan fingerprint density at radius 2 is 2.29 bits per heavy atom. The minimum absolute atomic E-state index is 0.461.